The molecule has 0 aliphatic carbocycles. The largest absolute Gasteiger partial charge is 0.440 e. The lowest BCUT2D eigenvalue weighted by Crippen LogP contribution is -2.05. The fraction of sp³-hybridized carbons (Fsp3) is 0.909. The third kappa shape index (κ3) is 12.0. The molecule has 0 aromatic rings. The number of unbranched alkanes of at least 4 members (excludes halogenated alkanes) is 5. The molecule has 0 aromatic heterocycles. The number of hydrogen-bond acceptors (Lipinski definition) is 3. The maximum absolute atomic E-state index is 10.4. The van der Waals surface area contributed by atoms with Crippen LogP contribution in [0.25, 0.3) is 0 Å². The van der Waals surface area contributed by atoms with Crippen LogP contribution in [0.4, 0.5) is 4.79 Å². The number of carbonyl (C=O) groups is 1. The van der Waals surface area contributed by atoms with E-state index in [4.69, 9.17) is 16.3 Å². The Hall–Kier alpha value is 0.110. The van der Waals surface area contributed by atoms with Crippen molar-refractivity contribution in [3.8, 4) is 0 Å². The van der Waals surface area contributed by atoms with Gasteiger partial charge in [0.2, 0.25) is 0 Å². The molecule has 1 atom stereocenters. The maximum atomic E-state index is 10.4. The van der Waals surface area contributed by atoms with Crippen LogP contribution in [0.15, 0.2) is 0 Å². The highest BCUT2D eigenvalue weighted by atomic mass is 35.5. The zero-order chi connectivity index (χ0) is 11.5. The molecule has 0 fully saturated rings. The van der Waals surface area contributed by atoms with Crippen molar-refractivity contribution in [3.05, 3.63) is 0 Å². The van der Waals surface area contributed by atoms with Gasteiger partial charge in [0.05, 0.1) is 0 Å². The average molecular weight is 253 g/mol. The van der Waals surface area contributed by atoms with Gasteiger partial charge in [0.1, 0.15) is 5.44 Å². The zero-order valence-corrected chi connectivity index (χ0v) is 11.2. The molecule has 0 spiro atoms. The summed E-state index contributed by atoms with van der Waals surface area (Å²) in [6.07, 6.45) is 7.75. The summed E-state index contributed by atoms with van der Waals surface area (Å²) in [5, 5.41) is 0. The summed E-state index contributed by atoms with van der Waals surface area (Å²) < 4.78 is 4.78. The Kier molecular flexibility index (Phi) is 10.7. The molecule has 0 saturated carbocycles. The highest BCUT2D eigenvalue weighted by molar-refractivity contribution is 7.99. The second-order valence-corrected chi connectivity index (χ2v) is 5.28. The van der Waals surface area contributed by atoms with Crippen LogP contribution >= 0.6 is 23.4 Å². The number of thioether (sulfide) groups is 1. The van der Waals surface area contributed by atoms with Crippen molar-refractivity contribution in [1.29, 1.82) is 0 Å². The van der Waals surface area contributed by atoms with E-state index in [1.807, 2.05) is 6.92 Å². The molecule has 0 aliphatic heterocycles. The lowest BCUT2D eigenvalue weighted by Gasteiger charge is -2.09. The molecular formula is C11H21ClO2S. The van der Waals surface area contributed by atoms with Gasteiger partial charge in [0, 0.05) is 11.6 Å². The van der Waals surface area contributed by atoms with E-state index >= 15 is 0 Å². The van der Waals surface area contributed by atoms with Gasteiger partial charge in [-0.25, -0.2) is 4.79 Å². The Morgan fingerprint density at radius 1 is 1.27 bits per heavy atom. The van der Waals surface area contributed by atoms with Crippen molar-refractivity contribution in [2.24, 2.45) is 0 Å². The molecule has 0 aliphatic rings. The minimum atomic E-state index is -0.710. The summed E-state index contributed by atoms with van der Waals surface area (Å²) in [6, 6.07) is 0. The van der Waals surface area contributed by atoms with Crippen LogP contribution in [-0.2, 0) is 4.74 Å². The minimum Gasteiger partial charge on any atom is -0.440 e. The van der Waals surface area contributed by atoms with Crippen LogP contribution in [0.2, 0.25) is 0 Å². The van der Waals surface area contributed by atoms with Crippen molar-refractivity contribution in [2.45, 2.75) is 57.8 Å². The molecule has 15 heavy (non-hydrogen) atoms. The standard InChI is InChI=1S/C11H21ClO2S/c1-3-4-5-6-7-8-9-15-10(2)14-11(12)13/h10H,3-9H2,1-2H3. The molecule has 0 bridgehead atoms. The molecule has 0 rings (SSSR count). The van der Waals surface area contributed by atoms with Gasteiger partial charge < -0.3 is 4.74 Å². The predicted molar refractivity (Wildman–Crippen MR) is 67.6 cm³/mol. The lowest BCUT2D eigenvalue weighted by atomic mass is 10.1. The van der Waals surface area contributed by atoms with Crippen LogP contribution in [0.3, 0.4) is 0 Å². The Bertz CT molecular complexity index is 165. The summed E-state index contributed by atoms with van der Waals surface area (Å²) in [5.74, 6) is 1.04. The first-order valence-corrected chi connectivity index (χ1v) is 7.07. The van der Waals surface area contributed by atoms with E-state index < -0.39 is 5.43 Å². The summed E-state index contributed by atoms with van der Waals surface area (Å²) in [4.78, 5) is 10.4. The molecule has 2 nitrogen and oxygen atoms in total. The third-order valence-electron chi connectivity index (χ3n) is 2.11. The predicted octanol–water partition coefficient (Wildman–Crippen LogP) is 4.80. The number of rotatable bonds is 9. The van der Waals surface area contributed by atoms with Gasteiger partial charge in [-0.1, -0.05) is 39.0 Å². The highest BCUT2D eigenvalue weighted by Crippen LogP contribution is 2.16. The number of hydrogen-bond donors (Lipinski definition) is 0. The van der Waals surface area contributed by atoms with Gasteiger partial charge in [-0.3, -0.25) is 0 Å². The Labute approximate surface area is 102 Å². The maximum Gasteiger partial charge on any atom is 0.404 e. The Morgan fingerprint density at radius 2 is 1.87 bits per heavy atom. The van der Waals surface area contributed by atoms with Crippen LogP contribution in [0.5, 0.6) is 0 Å². The zero-order valence-electron chi connectivity index (χ0n) is 9.63. The van der Waals surface area contributed by atoms with Gasteiger partial charge in [-0.05, 0) is 19.1 Å². The summed E-state index contributed by atoms with van der Waals surface area (Å²) >= 11 is 6.74. The van der Waals surface area contributed by atoms with Crippen molar-refractivity contribution in [1.82, 2.24) is 0 Å². The topological polar surface area (TPSA) is 26.3 Å². The molecule has 0 heterocycles. The fourth-order valence-corrected chi connectivity index (χ4v) is 2.34. The Morgan fingerprint density at radius 3 is 2.47 bits per heavy atom. The normalized spacial score (nSPS) is 12.5. The monoisotopic (exact) mass is 252 g/mol. The summed E-state index contributed by atoms with van der Waals surface area (Å²) in [5.41, 5.74) is -0.830. The van der Waals surface area contributed by atoms with Crippen molar-refractivity contribution < 1.29 is 9.53 Å². The third-order valence-corrected chi connectivity index (χ3v) is 3.29. The number of carbonyl (C=O) groups excluding carboxylic acids is 1. The van der Waals surface area contributed by atoms with Crippen LogP contribution in [0, 0.1) is 0 Å². The molecule has 4 heteroatoms. The lowest BCUT2D eigenvalue weighted by molar-refractivity contribution is 0.168. The first-order chi connectivity index (χ1) is 7.16. The molecule has 1 unspecified atom stereocenters. The van der Waals surface area contributed by atoms with Gasteiger partial charge in [-0.2, -0.15) is 0 Å². The van der Waals surface area contributed by atoms with E-state index in [0.717, 1.165) is 5.75 Å². The molecule has 0 aromatic carbocycles. The first-order valence-electron chi connectivity index (χ1n) is 5.64. The van der Waals surface area contributed by atoms with Gasteiger partial charge >= 0.3 is 5.43 Å². The Balaban J connectivity index is 3.13. The van der Waals surface area contributed by atoms with E-state index in [9.17, 15) is 4.79 Å². The smallest absolute Gasteiger partial charge is 0.404 e. The van der Waals surface area contributed by atoms with Crippen molar-refractivity contribution in [3.63, 3.8) is 0 Å². The molecule has 0 radical (unpaired) electrons. The number of halogens is 1. The van der Waals surface area contributed by atoms with Crippen molar-refractivity contribution in [2.75, 3.05) is 5.75 Å². The van der Waals surface area contributed by atoms with E-state index in [2.05, 4.69) is 6.92 Å². The van der Waals surface area contributed by atoms with Gasteiger partial charge in [-0.15, -0.1) is 11.8 Å². The fourth-order valence-electron chi connectivity index (χ4n) is 1.30. The van der Waals surface area contributed by atoms with Crippen LogP contribution < -0.4 is 0 Å². The van der Waals surface area contributed by atoms with E-state index in [1.54, 1.807) is 11.8 Å². The second-order valence-electron chi connectivity index (χ2n) is 3.56. The summed E-state index contributed by atoms with van der Waals surface area (Å²) in [6.45, 7) is 4.07. The van der Waals surface area contributed by atoms with Crippen LogP contribution in [0.1, 0.15) is 52.4 Å². The van der Waals surface area contributed by atoms with E-state index in [-0.39, 0.29) is 5.44 Å². The molecule has 0 N–H and O–H groups in total. The highest BCUT2D eigenvalue weighted by Gasteiger charge is 2.05. The molecule has 90 valence electrons. The quantitative estimate of drug-likeness (QED) is 0.335. The molecule has 0 amide bonds. The average Bonchev–Trinajstić information content (AvgIpc) is 2.15. The van der Waals surface area contributed by atoms with Gasteiger partial charge in [0.15, 0.2) is 0 Å². The SMILES string of the molecule is CCCCCCCCSC(C)OC(=O)Cl. The first kappa shape index (κ1) is 15.1. The molecule has 0 saturated heterocycles. The second kappa shape index (κ2) is 10.6. The number of ether oxygens (including phenoxy) is 1. The van der Waals surface area contributed by atoms with E-state index in [1.165, 1.54) is 38.5 Å². The van der Waals surface area contributed by atoms with Gasteiger partial charge in [0.25, 0.3) is 0 Å². The van der Waals surface area contributed by atoms with Crippen LogP contribution in [-0.4, -0.2) is 16.6 Å². The minimum absolute atomic E-state index is 0.120. The van der Waals surface area contributed by atoms with E-state index in [0.29, 0.717) is 0 Å². The summed E-state index contributed by atoms with van der Waals surface area (Å²) in [7, 11) is 0. The van der Waals surface area contributed by atoms with Crippen molar-refractivity contribution >= 4 is 28.8 Å². The molecular weight excluding hydrogens is 232 g/mol.